The van der Waals surface area contributed by atoms with E-state index in [1.165, 1.54) is 4.90 Å². The monoisotopic (exact) mass is 253 g/mol. The van der Waals surface area contributed by atoms with Crippen molar-refractivity contribution in [2.45, 2.75) is 44.3 Å². The van der Waals surface area contributed by atoms with Crippen molar-refractivity contribution < 1.29 is 18.4 Å². The lowest BCUT2D eigenvalue weighted by Crippen LogP contribution is -2.36. The molecule has 1 saturated carbocycles. The molecule has 0 unspecified atom stereocenters. The molecule has 0 radical (unpaired) electrons. The molecule has 0 atom stereocenters. The van der Waals surface area contributed by atoms with Gasteiger partial charge in [-0.1, -0.05) is 5.16 Å². The van der Waals surface area contributed by atoms with Crippen LogP contribution in [0, 0.1) is 0 Å². The van der Waals surface area contributed by atoms with E-state index in [0.717, 1.165) is 12.8 Å². The maximum absolute atomic E-state index is 12.3. The number of nitrogens with zero attached hydrogens (tertiary/aromatic N) is 2. The third-order valence-electron chi connectivity index (χ3n) is 2.70. The van der Waals surface area contributed by atoms with E-state index in [4.69, 9.17) is 10.9 Å². The average molecular weight is 253 g/mol. The maximum atomic E-state index is 12.3. The Morgan fingerprint density at radius 2 is 2.00 bits per heavy atom. The number of unbranched alkanes of at least 4 members (excludes halogenated alkanes) is 1. The normalized spacial score (nSPS) is 17.8. The maximum Gasteiger partial charge on any atom is 0.401 e. The summed E-state index contributed by atoms with van der Waals surface area (Å²) < 4.78 is 36.8. The molecule has 0 spiro atoms. The van der Waals surface area contributed by atoms with Gasteiger partial charge in [-0.3, -0.25) is 4.90 Å². The summed E-state index contributed by atoms with van der Waals surface area (Å²) in [6.45, 7) is -0.413. The smallest absolute Gasteiger partial charge is 0.401 e. The number of oxime groups is 1. The zero-order valence-corrected chi connectivity index (χ0v) is 9.58. The van der Waals surface area contributed by atoms with Crippen LogP contribution in [0.2, 0.25) is 0 Å². The van der Waals surface area contributed by atoms with Crippen LogP contribution in [0.3, 0.4) is 0 Å². The van der Waals surface area contributed by atoms with Crippen LogP contribution in [0.1, 0.15) is 32.1 Å². The van der Waals surface area contributed by atoms with Gasteiger partial charge in [0.25, 0.3) is 0 Å². The number of alkyl halides is 3. The van der Waals surface area contributed by atoms with Gasteiger partial charge in [-0.25, -0.2) is 0 Å². The van der Waals surface area contributed by atoms with E-state index in [-0.39, 0.29) is 11.9 Å². The lowest BCUT2D eigenvalue weighted by molar-refractivity contribution is -0.147. The van der Waals surface area contributed by atoms with Crippen LogP contribution in [0.4, 0.5) is 13.2 Å². The van der Waals surface area contributed by atoms with E-state index in [0.29, 0.717) is 25.8 Å². The SMILES string of the molecule is NC(CCCCN(CC(F)(F)F)C1CC1)=NO. The number of hydrogen-bond acceptors (Lipinski definition) is 3. The average Bonchev–Trinajstić information content (AvgIpc) is 3.04. The minimum atomic E-state index is -4.13. The van der Waals surface area contributed by atoms with E-state index in [1.54, 1.807) is 0 Å². The van der Waals surface area contributed by atoms with Crippen LogP contribution < -0.4 is 5.73 Å². The van der Waals surface area contributed by atoms with Gasteiger partial charge in [0.2, 0.25) is 0 Å². The molecular weight excluding hydrogens is 235 g/mol. The fraction of sp³-hybridized carbons (Fsp3) is 0.900. The summed E-state index contributed by atoms with van der Waals surface area (Å²) in [5, 5.41) is 11.1. The lowest BCUT2D eigenvalue weighted by Gasteiger charge is -2.23. The third kappa shape index (κ3) is 6.35. The first-order valence-electron chi connectivity index (χ1n) is 5.69. The fourth-order valence-corrected chi connectivity index (χ4v) is 1.73. The molecule has 4 nitrogen and oxygen atoms in total. The van der Waals surface area contributed by atoms with Gasteiger partial charge in [-0.05, 0) is 32.2 Å². The zero-order chi connectivity index (χ0) is 12.9. The topological polar surface area (TPSA) is 61.8 Å². The van der Waals surface area contributed by atoms with Crippen molar-refractivity contribution in [1.82, 2.24) is 4.90 Å². The summed E-state index contributed by atoms with van der Waals surface area (Å²) in [4.78, 5) is 1.48. The standard InChI is InChI=1S/C10H18F3N3O/c11-10(12,13)7-16(8-4-5-8)6-2-1-3-9(14)15-17/h8,17H,1-7H2,(H2,14,15). The molecule has 7 heteroatoms. The molecule has 0 aromatic carbocycles. The van der Waals surface area contributed by atoms with Crippen molar-refractivity contribution in [1.29, 1.82) is 0 Å². The van der Waals surface area contributed by atoms with E-state index < -0.39 is 12.7 Å². The van der Waals surface area contributed by atoms with E-state index in [2.05, 4.69) is 5.16 Å². The van der Waals surface area contributed by atoms with Crippen LogP contribution in [-0.2, 0) is 0 Å². The van der Waals surface area contributed by atoms with Gasteiger partial charge in [-0.2, -0.15) is 13.2 Å². The van der Waals surface area contributed by atoms with Gasteiger partial charge >= 0.3 is 6.18 Å². The zero-order valence-electron chi connectivity index (χ0n) is 9.58. The van der Waals surface area contributed by atoms with Crippen LogP contribution in [0.15, 0.2) is 5.16 Å². The van der Waals surface area contributed by atoms with Gasteiger partial charge in [0, 0.05) is 12.5 Å². The second kappa shape index (κ2) is 6.09. The molecule has 1 rings (SSSR count). The van der Waals surface area contributed by atoms with Crippen molar-refractivity contribution >= 4 is 5.84 Å². The second-order valence-corrected chi connectivity index (χ2v) is 4.37. The number of hydrogen-bond donors (Lipinski definition) is 2. The number of rotatable bonds is 7. The van der Waals surface area contributed by atoms with Crippen molar-refractivity contribution in [3.8, 4) is 0 Å². The highest BCUT2D eigenvalue weighted by Crippen LogP contribution is 2.30. The Labute approximate surface area is 98.3 Å². The minimum Gasteiger partial charge on any atom is -0.409 e. The molecular formula is C10H18F3N3O. The summed E-state index contributed by atoms with van der Waals surface area (Å²) in [6.07, 6.45) is -0.735. The summed E-state index contributed by atoms with van der Waals surface area (Å²) >= 11 is 0. The molecule has 17 heavy (non-hydrogen) atoms. The Morgan fingerprint density at radius 3 is 2.47 bits per heavy atom. The van der Waals surface area contributed by atoms with Gasteiger partial charge in [0.05, 0.1) is 6.54 Å². The van der Waals surface area contributed by atoms with Crippen LogP contribution >= 0.6 is 0 Å². The van der Waals surface area contributed by atoms with E-state index in [9.17, 15) is 13.2 Å². The third-order valence-corrected chi connectivity index (χ3v) is 2.70. The predicted molar refractivity (Wildman–Crippen MR) is 57.9 cm³/mol. The predicted octanol–water partition coefficient (Wildman–Crippen LogP) is 1.93. The molecule has 1 aliphatic carbocycles. The van der Waals surface area contributed by atoms with Crippen LogP contribution in [0.5, 0.6) is 0 Å². The van der Waals surface area contributed by atoms with Gasteiger partial charge < -0.3 is 10.9 Å². The summed E-state index contributed by atoms with van der Waals surface area (Å²) in [6, 6.07) is 0.0977. The lowest BCUT2D eigenvalue weighted by atomic mass is 10.2. The largest absolute Gasteiger partial charge is 0.409 e. The quantitative estimate of drug-likeness (QED) is 0.239. The first-order chi connectivity index (χ1) is 7.92. The fourth-order valence-electron chi connectivity index (χ4n) is 1.73. The number of nitrogens with two attached hydrogens (primary N) is 1. The first-order valence-corrected chi connectivity index (χ1v) is 5.69. The first kappa shape index (κ1) is 14.1. The van der Waals surface area contributed by atoms with Crippen molar-refractivity contribution in [2.75, 3.05) is 13.1 Å². The molecule has 100 valence electrons. The van der Waals surface area contributed by atoms with Crippen LogP contribution in [-0.4, -0.2) is 41.3 Å². The Hall–Kier alpha value is -0.980. The summed E-state index contributed by atoms with van der Waals surface area (Å²) in [5.74, 6) is 0.124. The van der Waals surface area contributed by atoms with Crippen molar-refractivity contribution in [3.63, 3.8) is 0 Å². The Morgan fingerprint density at radius 1 is 1.35 bits per heavy atom. The molecule has 0 aromatic rings. The highest BCUT2D eigenvalue weighted by Gasteiger charge is 2.37. The molecule has 3 N–H and O–H groups in total. The highest BCUT2D eigenvalue weighted by atomic mass is 19.4. The Bertz CT molecular complexity index is 264. The van der Waals surface area contributed by atoms with Crippen molar-refractivity contribution in [2.24, 2.45) is 10.9 Å². The minimum absolute atomic E-state index is 0.0977. The molecule has 0 saturated heterocycles. The summed E-state index contributed by atoms with van der Waals surface area (Å²) in [7, 11) is 0. The molecule has 0 amide bonds. The number of amidine groups is 1. The Balaban J connectivity index is 2.21. The molecule has 0 aromatic heterocycles. The summed E-state index contributed by atoms with van der Waals surface area (Å²) in [5.41, 5.74) is 5.27. The Kier molecular flexibility index (Phi) is 5.04. The molecule has 1 aliphatic rings. The van der Waals surface area contributed by atoms with E-state index >= 15 is 0 Å². The highest BCUT2D eigenvalue weighted by molar-refractivity contribution is 5.79. The van der Waals surface area contributed by atoms with Gasteiger partial charge in [0.1, 0.15) is 5.84 Å². The molecule has 0 aliphatic heterocycles. The molecule has 0 heterocycles. The molecule has 1 fully saturated rings. The van der Waals surface area contributed by atoms with E-state index in [1.807, 2.05) is 0 Å². The second-order valence-electron chi connectivity index (χ2n) is 4.37. The van der Waals surface area contributed by atoms with Crippen molar-refractivity contribution in [3.05, 3.63) is 0 Å². The van der Waals surface area contributed by atoms with Crippen LogP contribution in [0.25, 0.3) is 0 Å². The van der Waals surface area contributed by atoms with Gasteiger partial charge in [-0.15, -0.1) is 0 Å². The number of halogens is 3. The molecule has 0 bridgehead atoms. The van der Waals surface area contributed by atoms with Gasteiger partial charge in [0.15, 0.2) is 0 Å².